The molecule has 0 saturated carbocycles. The number of anilines is 2. The first-order chi connectivity index (χ1) is 22.6. The fraction of sp³-hybridized carbons (Fsp3) is 0.250. The number of nitriles is 1. The fourth-order valence-corrected chi connectivity index (χ4v) is 7.55. The molecule has 234 valence electrons. The first kappa shape index (κ1) is 31.6. The van der Waals surface area contributed by atoms with E-state index in [1.54, 1.807) is 29.3 Å². The van der Waals surface area contributed by atoms with E-state index in [2.05, 4.69) is 21.3 Å². The molecule has 10 heteroatoms. The molecule has 3 aromatic carbocycles. The Kier molecular flexibility index (Phi) is 10.5. The van der Waals surface area contributed by atoms with Gasteiger partial charge in [-0.3, -0.25) is 4.90 Å². The molecular weight excluding hydrogens is 615 g/mol. The van der Waals surface area contributed by atoms with Gasteiger partial charge in [0, 0.05) is 36.1 Å². The zero-order valence-corrected chi connectivity index (χ0v) is 27.2. The van der Waals surface area contributed by atoms with Crippen molar-refractivity contribution in [2.75, 3.05) is 37.9 Å². The van der Waals surface area contributed by atoms with Crippen LogP contribution in [0.15, 0.2) is 95.3 Å². The van der Waals surface area contributed by atoms with Gasteiger partial charge in [-0.1, -0.05) is 36.4 Å². The number of para-hydroxylation sites is 1. The predicted molar refractivity (Wildman–Crippen MR) is 185 cm³/mol. The first-order valence-corrected chi connectivity index (χ1v) is 17.3. The van der Waals surface area contributed by atoms with Gasteiger partial charge >= 0.3 is 0 Å². The number of ether oxygens (including phenoxy) is 2. The van der Waals surface area contributed by atoms with Gasteiger partial charge in [0.1, 0.15) is 23.3 Å². The summed E-state index contributed by atoms with van der Waals surface area (Å²) in [6, 6.07) is 29.8. The standard InChI is InChI=1S/C36H35N5O3S2/c1-45-35-31(23-37)33(25-9-5-15-30(21-25)44-28-12-3-2-4-13-28)34(46-35)32-16-17-38-36(40-32)39-26-10-6-14-29(22-26)43-20-8-19-41-18-7-11-27(41)24-42/h2-6,9-10,12-17,21-22,27,42H,7-8,11,18-20,24H2,1H3,(H,38,39,40). The van der Waals surface area contributed by atoms with Gasteiger partial charge in [-0.25, -0.2) is 9.97 Å². The van der Waals surface area contributed by atoms with Crippen LogP contribution in [0.1, 0.15) is 24.8 Å². The summed E-state index contributed by atoms with van der Waals surface area (Å²) in [6.07, 6.45) is 6.82. The molecule has 3 heterocycles. The van der Waals surface area contributed by atoms with Crippen LogP contribution in [0.4, 0.5) is 11.6 Å². The van der Waals surface area contributed by atoms with Crippen LogP contribution < -0.4 is 14.8 Å². The number of thioether (sulfide) groups is 1. The molecule has 2 N–H and O–H groups in total. The predicted octanol–water partition coefficient (Wildman–Crippen LogP) is 8.23. The third-order valence-electron chi connectivity index (χ3n) is 7.82. The van der Waals surface area contributed by atoms with Crippen molar-refractivity contribution in [3.63, 3.8) is 0 Å². The summed E-state index contributed by atoms with van der Waals surface area (Å²) in [6.45, 7) is 2.79. The maximum Gasteiger partial charge on any atom is 0.227 e. The lowest BCUT2D eigenvalue weighted by molar-refractivity contribution is 0.150. The van der Waals surface area contributed by atoms with Gasteiger partial charge in [0.15, 0.2) is 0 Å². The first-order valence-electron chi connectivity index (χ1n) is 15.3. The molecule has 1 saturated heterocycles. The summed E-state index contributed by atoms with van der Waals surface area (Å²) in [5, 5.41) is 23.1. The lowest BCUT2D eigenvalue weighted by Crippen LogP contribution is -2.33. The molecule has 6 rings (SSSR count). The Bertz CT molecular complexity index is 1810. The Labute approximate surface area is 277 Å². The van der Waals surface area contributed by atoms with E-state index >= 15 is 0 Å². The smallest absolute Gasteiger partial charge is 0.227 e. The number of hydrogen-bond donors (Lipinski definition) is 2. The van der Waals surface area contributed by atoms with Crippen LogP contribution in [-0.2, 0) is 0 Å². The van der Waals surface area contributed by atoms with Crippen LogP contribution in [0.2, 0.25) is 0 Å². The summed E-state index contributed by atoms with van der Waals surface area (Å²) >= 11 is 3.11. The van der Waals surface area contributed by atoms with Crippen LogP contribution in [0.25, 0.3) is 21.7 Å². The van der Waals surface area contributed by atoms with E-state index in [9.17, 15) is 10.4 Å². The minimum Gasteiger partial charge on any atom is -0.493 e. The summed E-state index contributed by atoms with van der Waals surface area (Å²) in [5.41, 5.74) is 3.87. The van der Waals surface area contributed by atoms with Crippen molar-refractivity contribution in [2.24, 2.45) is 0 Å². The normalized spacial score (nSPS) is 14.6. The molecule has 0 spiro atoms. The van der Waals surface area contributed by atoms with E-state index in [4.69, 9.17) is 14.5 Å². The van der Waals surface area contributed by atoms with Crippen LogP contribution >= 0.6 is 23.1 Å². The average molecular weight is 650 g/mol. The number of aliphatic hydroxyl groups is 1. The molecule has 5 aromatic rings. The quantitative estimate of drug-likeness (QED) is 0.0964. The van der Waals surface area contributed by atoms with Crippen molar-refractivity contribution in [1.82, 2.24) is 14.9 Å². The molecule has 0 aliphatic carbocycles. The summed E-state index contributed by atoms with van der Waals surface area (Å²) < 4.78 is 13.1. The minimum absolute atomic E-state index is 0.223. The van der Waals surface area contributed by atoms with Gasteiger partial charge in [0.2, 0.25) is 5.95 Å². The van der Waals surface area contributed by atoms with E-state index in [-0.39, 0.29) is 12.6 Å². The zero-order chi connectivity index (χ0) is 31.7. The van der Waals surface area contributed by atoms with Crippen LogP contribution in [0.5, 0.6) is 17.2 Å². The number of hydrogen-bond acceptors (Lipinski definition) is 10. The summed E-state index contributed by atoms with van der Waals surface area (Å²) in [4.78, 5) is 12.6. The third kappa shape index (κ3) is 7.52. The highest BCUT2D eigenvalue weighted by molar-refractivity contribution is 8.00. The van der Waals surface area contributed by atoms with E-state index in [0.717, 1.165) is 75.4 Å². The molecule has 0 amide bonds. The number of thiophene rings is 1. The highest BCUT2D eigenvalue weighted by Crippen LogP contribution is 2.46. The Hall–Kier alpha value is -4.40. The molecule has 1 aliphatic heterocycles. The Morgan fingerprint density at radius 3 is 2.70 bits per heavy atom. The van der Waals surface area contributed by atoms with Crippen molar-refractivity contribution in [2.45, 2.75) is 29.5 Å². The maximum absolute atomic E-state index is 10.2. The Morgan fingerprint density at radius 2 is 1.87 bits per heavy atom. The van der Waals surface area contributed by atoms with Gasteiger partial charge in [-0.05, 0) is 80.1 Å². The second-order valence-electron chi connectivity index (χ2n) is 10.9. The fourth-order valence-electron chi connectivity index (χ4n) is 5.64. The molecule has 46 heavy (non-hydrogen) atoms. The molecule has 1 aliphatic rings. The molecule has 8 nitrogen and oxygen atoms in total. The van der Waals surface area contributed by atoms with E-state index in [0.29, 0.717) is 23.9 Å². The average Bonchev–Trinajstić information content (AvgIpc) is 3.72. The highest BCUT2D eigenvalue weighted by atomic mass is 32.2. The van der Waals surface area contributed by atoms with Crippen molar-refractivity contribution >= 4 is 34.7 Å². The summed E-state index contributed by atoms with van der Waals surface area (Å²) in [5.74, 6) is 2.65. The topological polar surface area (TPSA) is 104 Å². The third-order valence-corrected chi connectivity index (χ3v) is 10.2. The number of aliphatic hydroxyl groups excluding tert-OH is 1. The lowest BCUT2D eigenvalue weighted by atomic mass is 10.0. The van der Waals surface area contributed by atoms with E-state index < -0.39 is 0 Å². The lowest BCUT2D eigenvalue weighted by Gasteiger charge is -2.22. The van der Waals surface area contributed by atoms with E-state index in [1.807, 2.05) is 91.2 Å². The molecule has 0 radical (unpaired) electrons. The number of aromatic nitrogens is 2. The van der Waals surface area contributed by atoms with Gasteiger partial charge in [-0.2, -0.15) is 5.26 Å². The second kappa shape index (κ2) is 15.3. The largest absolute Gasteiger partial charge is 0.493 e. The van der Waals surface area contributed by atoms with E-state index in [1.165, 1.54) is 0 Å². The molecule has 1 atom stereocenters. The SMILES string of the molecule is CSc1sc(-c2ccnc(Nc3cccc(OCCCN4CCCC4CO)c3)n2)c(-c2cccc(Oc3ccccc3)c2)c1C#N. The summed E-state index contributed by atoms with van der Waals surface area (Å²) in [7, 11) is 0. The number of rotatable bonds is 13. The van der Waals surface area contributed by atoms with Crippen LogP contribution in [0.3, 0.4) is 0 Å². The van der Waals surface area contributed by atoms with Crippen LogP contribution in [-0.4, -0.2) is 58.6 Å². The number of likely N-dealkylation sites (tertiary alicyclic amines) is 1. The van der Waals surface area contributed by atoms with Gasteiger partial charge in [0.25, 0.3) is 0 Å². The van der Waals surface area contributed by atoms with Gasteiger partial charge in [-0.15, -0.1) is 23.1 Å². The molecule has 0 bridgehead atoms. The molecule has 2 aromatic heterocycles. The van der Waals surface area contributed by atoms with Crippen molar-refractivity contribution in [1.29, 1.82) is 5.26 Å². The van der Waals surface area contributed by atoms with Crippen LogP contribution in [0, 0.1) is 11.3 Å². The number of benzene rings is 3. The number of nitrogens with one attached hydrogen (secondary N) is 1. The minimum atomic E-state index is 0.223. The van der Waals surface area contributed by atoms with Crippen molar-refractivity contribution in [3.8, 4) is 45.0 Å². The molecule has 1 fully saturated rings. The molecular formula is C36H35N5O3S2. The Morgan fingerprint density at radius 1 is 1.04 bits per heavy atom. The van der Waals surface area contributed by atoms with Crippen molar-refractivity contribution < 1.29 is 14.6 Å². The second-order valence-corrected chi connectivity index (χ2v) is 13.0. The van der Waals surface area contributed by atoms with Gasteiger partial charge in [0.05, 0.1) is 33.6 Å². The number of nitrogens with zero attached hydrogens (tertiary/aromatic N) is 4. The highest BCUT2D eigenvalue weighted by Gasteiger charge is 2.23. The van der Waals surface area contributed by atoms with Gasteiger partial charge < -0.3 is 19.9 Å². The van der Waals surface area contributed by atoms with Crippen molar-refractivity contribution in [3.05, 3.63) is 96.7 Å². The Balaban J connectivity index is 1.20. The molecule has 1 unspecified atom stereocenters. The zero-order valence-electron chi connectivity index (χ0n) is 25.6. The monoisotopic (exact) mass is 649 g/mol. The maximum atomic E-state index is 10.2.